The van der Waals surface area contributed by atoms with Crippen molar-refractivity contribution in [1.29, 1.82) is 0 Å². The minimum absolute atomic E-state index is 0. The van der Waals surface area contributed by atoms with Crippen LogP contribution >= 0.6 is 24.0 Å². The zero-order valence-electron chi connectivity index (χ0n) is 18.6. The van der Waals surface area contributed by atoms with Crippen molar-refractivity contribution >= 4 is 29.9 Å². The number of aliphatic imine (C=N–C) groups is 1. The van der Waals surface area contributed by atoms with Gasteiger partial charge in [-0.1, -0.05) is 23.8 Å². The first kappa shape index (κ1) is 24.4. The molecule has 0 radical (unpaired) electrons. The molecule has 164 valence electrons. The molecule has 0 amide bonds. The zero-order chi connectivity index (χ0) is 20.1. The number of piperazine rings is 1. The predicted molar refractivity (Wildman–Crippen MR) is 131 cm³/mol. The second-order valence-corrected chi connectivity index (χ2v) is 8.26. The lowest BCUT2D eigenvalue weighted by Crippen LogP contribution is -2.52. The number of nitrogens with zero attached hydrogens (tertiary/aromatic N) is 4. The quantitative estimate of drug-likeness (QED) is 0.380. The van der Waals surface area contributed by atoms with Gasteiger partial charge in [-0.3, -0.25) is 9.89 Å². The van der Waals surface area contributed by atoms with Gasteiger partial charge in [0.05, 0.1) is 19.7 Å². The van der Waals surface area contributed by atoms with Crippen LogP contribution in [0.25, 0.3) is 0 Å². The lowest BCUT2D eigenvalue weighted by Gasteiger charge is -2.38. The Morgan fingerprint density at radius 2 is 1.97 bits per heavy atom. The third kappa shape index (κ3) is 6.54. The number of hydrogen-bond donors (Lipinski definition) is 1. The number of halogens is 1. The minimum atomic E-state index is 0. The van der Waals surface area contributed by atoms with Crippen LogP contribution in [0.2, 0.25) is 0 Å². The van der Waals surface area contributed by atoms with E-state index >= 15 is 0 Å². The summed E-state index contributed by atoms with van der Waals surface area (Å²) in [6, 6.07) is 7.12. The van der Waals surface area contributed by atoms with E-state index in [2.05, 4.69) is 73.1 Å². The van der Waals surface area contributed by atoms with E-state index < -0.39 is 0 Å². The van der Waals surface area contributed by atoms with E-state index in [9.17, 15) is 0 Å². The number of nitrogens with one attached hydrogen (secondary N) is 1. The van der Waals surface area contributed by atoms with Gasteiger partial charge in [0.15, 0.2) is 5.96 Å². The topological polar surface area (TPSA) is 43.3 Å². The fraction of sp³-hybridized carbons (Fsp3) is 0.682. The van der Waals surface area contributed by atoms with Crippen molar-refractivity contribution in [3.05, 3.63) is 34.9 Å². The highest BCUT2D eigenvalue weighted by molar-refractivity contribution is 14.0. The van der Waals surface area contributed by atoms with E-state index in [0.29, 0.717) is 6.04 Å². The molecule has 2 atom stereocenters. The number of ether oxygens (including phenoxy) is 1. The van der Waals surface area contributed by atoms with Crippen LogP contribution in [-0.2, 0) is 4.74 Å². The first-order chi connectivity index (χ1) is 13.5. The van der Waals surface area contributed by atoms with Gasteiger partial charge in [0.25, 0.3) is 0 Å². The Hall–Kier alpha value is -0.900. The first-order valence-electron chi connectivity index (χ1n) is 10.6. The molecule has 2 heterocycles. The molecule has 0 saturated carbocycles. The Kier molecular flexibility index (Phi) is 9.65. The third-order valence-electron chi connectivity index (χ3n) is 5.91. The summed E-state index contributed by atoms with van der Waals surface area (Å²) in [6.07, 6.45) is 0.0988. The van der Waals surface area contributed by atoms with E-state index in [-0.39, 0.29) is 30.1 Å². The average Bonchev–Trinajstić information content (AvgIpc) is 2.67. The number of guanidine groups is 1. The molecule has 0 bridgehead atoms. The molecule has 2 unspecified atom stereocenters. The SMILES string of the molecule is CCNC(=NCC1CN(C)CCN1C)N1CCOC(c2ccc(C)cc2C)C1.I. The highest BCUT2D eigenvalue weighted by atomic mass is 127. The number of hydrogen-bond acceptors (Lipinski definition) is 4. The van der Waals surface area contributed by atoms with E-state index in [1.165, 1.54) is 16.7 Å². The molecular weight excluding hydrogens is 477 g/mol. The lowest BCUT2D eigenvalue weighted by molar-refractivity contribution is -0.00840. The van der Waals surface area contributed by atoms with Gasteiger partial charge in [-0.15, -0.1) is 24.0 Å². The molecular formula is C22H38IN5O. The Balaban J connectivity index is 0.00000300. The van der Waals surface area contributed by atoms with Crippen molar-refractivity contribution in [1.82, 2.24) is 20.0 Å². The second-order valence-electron chi connectivity index (χ2n) is 8.26. The largest absolute Gasteiger partial charge is 0.370 e. The molecule has 1 aromatic carbocycles. The minimum Gasteiger partial charge on any atom is -0.370 e. The van der Waals surface area contributed by atoms with Crippen LogP contribution in [0.3, 0.4) is 0 Å². The van der Waals surface area contributed by atoms with E-state index in [4.69, 9.17) is 9.73 Å². The maximum Gasteiger partial charge on any atom is 0.194 e. The summed E-state index contributed by atoms with van der Waals surface area (Å²) in [5.41, 5.74) is 3.89. The molecule has 0 aliphatic carbocycles. The van der Waals surface area contributed by atoms with Crippen molar-refractivity contribution in [2.24, 2.45) is 4.99 Å². The lowest BCUT2D eigenvalue weighted by atomic mass is 10.00. The fourth-order valence-electron chi connectivity index (χ4n) is 4.13. The maximum absolute atomic E-state index is 6.13. The van der Waals surface area contributed by atoms with Crippen LogP contribution < -0.4 is 5.32 Å². The normalized spacial score (nSPS) is 24.3. The Morgan fingerprint density at radius 3 is 2.69 bits per heavy atom. The fourth-order valence-corrected chi connectivity index (χ4v) is 4.13. The second kappa shape index (κ2) is 11.5. The van der Waals surface area contributed by atoms with Gasteiger partial charge in [-0.25, -0.2) is 0 Å². The number of likely N-dealkylation sites (N-methyl/N-ethyl adjacent to an activating group) is 2. The maximum atomic E-state index is 6.13. The highest BCUT2D eigenvalue weighted by Crippen LogP contribution is 2.26. The van der Waals surface area contributed by atoms with E-state index in [1.54, 1.807) is 0 Å². The Bertz CT molecular complexity index is 683. The molecule has 7 heteroatoms. The van der Waals surface area contributed by atoms with Crippen LogP contribution in [-0.4, -0.2) is 93.2 Å². The van der Waals surface area contributed by atoms with Crippen LogP contribution in [0.4, 0.5) is 0 Å². The summed E-state index contributed by atoms with van der Waals surface area (Å²) in [7, 11) is 4.41. The predicted octanol–water partition coefficient (Wildman–Crippen LogP) is 2.51. The summed E-state index contributed by atoms with van der Waals surface area (Å²) < 4.78 is 6.13. The van der Waals surface area contributed by atoms with Crippen LogP contribution in [0.5, 0.6) is 0 Å². The molecule has 3 rings (SSSR count). The molecule has 2 fully saturated rings. The summed E-state index contributed by atoms with van der Waals surface area (Å²) in [6.45, 7) is 13.9. The van der Waals surface area contributed by atoms with Gasteiger partial charge in [0, 0.05) is 38.8 Å². The van der Waals surface area contributed by atoms with Gasteiger partial charge in [0.1, 0.15) is 6.10 Å². The molecule has 1 aromatic rings. The number of morpholine rings is 1. The molecule has 29 heavy (non-hydrogen) atoms. The van der Waals surface area contributed by atoms with Crippen molar-refractivity contribution < 1.29 is 4.74 Å². The van der Waals surface area contributed by atoms with Crippen molar-refractivity contribution in [3.8, 4) is 0 Å². The summed E-state index contributed by atoms with van der Waals surface area (Å²) >= 11 is 0. The third-order valence-corrected chi connectivity index (χ3v) is 5.91. The van der Waals surface area contributed by atoms with Crippen molar-refractivity contribution in [2.75, 3.05) is 66.5 Å². The molecule has 2 saturated heterocycles. The summed E-state index contributed by atoms with van der Waals surface area (Å²) in [5, 5.41) is 3.50. The van der Waals surface area contributed by atoms with Crippen LogP contribution in [0.1, 0.15) is 29.7 Å². The molecule has 2 aliphatic heterocycles. The number of benzene rings is 1. The first-order valence-corrected chi connectivity index (χ1v) is 10.6. The molecule has 0 aromatic heterocycles. The van der Waals surface area contributed by atoms with Gasteiger partial charge < -0.3 is 19.9 Å². The zero-order valence-corrected chi connectivity index (χ0v) is 21.0. The van der Waals surface area contributed by atoms with Crippen molar-refractivity contribution in [2.45, 2.75) is 32.9 Å². The smallest absolute Gasteiger partial charge is 0.194 e. The van der Waals surface area contributed by atoms with Crippen LogP contribution in [0.15, 0.2) is 23.2 Å². The van der Waals surface area contributed by atoms with Gasteiger partial charge in [0.2, 0.25) is 0 Å². The Morgan fingerprint density at radius 1 is 1.17 bits per heavy atom. The standard InChI is InChI=1S/C22H37N5O.HI/c1-6-23-22(24-14-19-15-25(4)9-10-26(19)5)27-11-12-28-21(16-27)20-8-7-17(2)13-18(20)3;/h7-8,13,19,21H,6,9-12,14-16H2,1-5H3,(H,23,24);1H. The van der Waals surface area contributed by atoms with Gasteiger partial charge in [-0.05, 0) is 46.0 Å². The molecule has 2 aliphatic rings. The van der Waals surface area contributed by atoms with Crippen LogP contribution in [0, 0.1) is 13.8 Å². The molecule has 6 nitrogen and oxygen atoms in total. The molecule has 0 spiro atoms. The monoisotopic (exact) mass is 515 g/mol. The van der Waals surface area contributed by atoms with Gasteiger partial charge in [-0.2, -0.15) is 0 Å². The number of aryl methyl sites for hydroxylation is 2. The summed E-state index contributed by atoms with van der Waals surface area (Å²) in [4.78, 5) is 12.2. The number of rotatable bonds is 4. The average molecular weight is 515 g/mol. The van der Waals surface area contributed by atoms with Crippen molar-refractivity contribution in [3.63, 3.8) is 0 Å². The molecule has 1 N–H and O–H groups in total. The Labute approximate surface area is 193 Å². The van der Waals surface area contributed by atoms with Gasteiger partial charge >= 0.3 is 0 Å². The van der Waals surface area contributed by atoms with E-state index in [0.717, 1.165) is 58.4 Å². The highest BCUT2D eigenvalue weighted by Gasteiger charge is 2.26. The van der Waals surface area contributed by atoms with E-state index in [1.807, 2.05) is 0 Å². The summed E-state index contributed by atoms with van der Waals surface area (Å²) in [5.74, 6) is 1.02.